The average Bonchev–Trinajstić information content (AvgIpc) is 2.29. The Morgan fingerprint density at radius 1 is 1.47 bits per heavy atom. The lowest BCUT2D eigenvalue weighted by atomic mass is 9.93. The number of fused-ring (bicyclic) bond motifs is 1. The van der Waals surface area contributed by atoms with Crippen molar-refractivity contribution in [2.45, 2.75) is 25.4 Å². The number of hydrogen-bond acceptors (Lipinski definition) is 2. The van der Waals surface area contributed by atoms with Crippen molar-refractivity contribution in [3.05, 3.63) is 48.0 Å². The lowest BCUT2D eigenvalue weighted by Gasteiger charge is -2.24. The topological polar surface area (TPSA) is 29.1 Å². The molecule has 0 aliphatic carbocycles. The molecule has 0 saturated carbocycles. The molecule has 0 saturated heterocycles. The Bertz CT molecular complexity index is 384. The third-order valence-corrected chi connectivity index (χ3v) is 2.82. The molecule has 1 aliphatic heterocycles. The number of hydrogen-bond donors (Lipinski definition) is 1. The van der Waals surface area contributed by atoms with E-state index in [2.05, 4.69) is 24.0 Å². The van der Waals surface area contributed by atoms with Gasteiger partial charge in [-0.15, -0.1) is 6.58 Å². The molecule has 0 spiro atoms. The van der Waals surface area contributed by atoms with Gasteiger partial charge in [0.2, 0.25) is 0 Å². The Labute approximate surface area is 90.0 Å². The van der Waals surface area contributed by atoms with E-state index in [1.165, 1.54) is 11.1 Å². The minimum absolute atomic E-state index is 0.0297. The smallest absolute Gasteiger partial charge is 0.153 e. The number of ketones is 1. The van der Waals surface area contributed by atoms with E-state index in [0.717, 1.165) is 13.0 Å². The summed E-state index contributed by atoms with van der Waals surface area (Å²) in [6, 6.07) is 8.24. The second kappa shape index (κ2) is 4.41. The fourth-order valence-electron chi connectivity index (χ4n) is 1.97. The van der Waals surface area contributed by atoms with Gasteiger partial charge in [0.05, 0.1) is 6.04 Å². The summed E-state index contributed by atoms with van der Waals surface area (Å²) in [6.45, 7) is 4.39. The molecule has 0 bridgehead atoms. The number of allylic oxidation sites excluding steroid dienone is 1. The monoisotopic (exact) mass is 201 g/mol. The minimum Gasteiger partial charge on any atom is -0.303 e. The molecular weight excluding hydrogens is 186 g/mol. The Morgan fingerprint density at radius 2 is 2.20 bits per heavy atom. The van der Waals surface area contributed by atoms with Crippen LogP contribution in [0.5, 0.6) is 0 Å². The lowest BCUT2D eigenvalue weighted by Crippen LogP contribution is -2.41. The Morgan fingerprint density at radius 3 is 2.93 bits per heavy atom. The molecule has 1 heterocycles. The molecule has 0 fully saturated rings. The van der Waals surface area contributed by atoms with E-state index in [4.69, 9.17) is 0 Å². The maximum Gasteiger partial charge on any atom is 0.153 e. The van der Waals surface area contributed by atoms with Gasteiger partial charge < -0.3 is 5.32 Å². The summed E-state index contributed by atoms with van der Waals surface area (Å²) in [7, 11) is 0. The summed E-state index contributed by atoms with van der Waals surface area (Å²) in [4.78, 5) is 11.7. The SMILES string of the molecule is C=CCC(=O)C1Cc2ccccc2CN1. The van der Waals surface area contributed by atoms with E-state index in [1.54, 1.807) is 6.08 Å². The number of benzene rings is 1. The van der Waals surface area contributed by atoms with Crippen molar-refractivity contribution in [2.24, 2.45) is 0 Å². The van der Waals surface area contributed by atoms with Crippen molar-refractivity contribution in [3.63, 3.8) is 0 Å². The van der Waals surface area contributed by atoms with Crippen molar-refractivity contribution in [1.82, 2.24) is 5.32 Å². The maximum absolute atomic E-state index is 11.7. The molecule has 1 N–H and O–H groups in total. The zero-order valence-corrected chi connectivity index (χ0v) is 8.70. The quantitative estimate of drug-likeness (QED) is 0.756. The Kier molecular flexibility index (Phi) is 2.97. The van der Waals surface area contributed by atoms with Crippen LogP contribution in [0.3, 0.4) is 0 Å². The summed E-state index contributed by atoms with van der Waals surface area (Å²) >= 11 is 0. The molecule has 1 atom stereocenters. The average molecular weight is 201 g/mol. The molecule has 15 heavy (non-hydrogen) atoms. The molecule has 1 aromatic carbocycles. The first-order valence-corrected chi connectivity index (χ1v) is 5.25. The summed E-state index contributed by atoms with van der Waals surface area (Å²) in [5.74, 6) is 0.236. The first-order valence-electron chi connectivity index (χ1n) is 5.25. The van der Waals surface area contributed by atoms with Gasteiger partial charge in [0.15, 0.2) is 5.78 Å². The molecule has 0 aromatic heterocycles. The van der Waals surface area contributed by atoms with Gasteiger partial charge in [-0.1, -0.05) is 30.3 Å². The van der Waals surface area contributed by atoms with Crippen LogP contribution in [0.4, 0.5) is 0 Å². The molecule has 2 rings (SSSR count). The van der Waals surface area contributed by atoms with Gasteiger partial charge in [-0.25, -0.2) is 0 Å². The van der Waals surface area contributed by atoms with Crippen molar-refractivity contribution >= 4 is 5.78 Å². The fourth-order valence-corrected chi connectivity index (χ4v) is 1.97. The molecule has 0 radical (unpaired) electrons. The highest BCUT2D eigenvalue weighted by atomic mass is 16.1. The Hall–Kier alpha value is -1.41. The molecule has 78 valence electrons. The van der Waals surface area contributed by atoms with Gasteiger partial charge in [0.25, 0.3) is 0 Å². The van der Waals surface area contributed by atoms with E-state index in [-0.39, 0.29) is 11.8 Å². The minimum atomic E-state index is -0.0297. The maximum atomic E-state index is 11.7. The second-order valence-corrected chi connectivity index (χ2v) is 3.87. The summed E-state index contributed by atoms with van der Waals surface area (Å²) in [5.41, 5.74) is 2.60. The van der Waals surface area contributed by atoms with Crippen LogP contribution < -0.4 is 5.32 Å². The number of carbonyl (C=O) groups excluding carboxylic acids is 1. The predicted molar refractivity (Wildman–Crippen MR) is 60.6 cm³/mol. The molecule has 1 aliphatic rings. The number of nitrogens with one attached hydrogen (secondary N) is 1. The van der Waals surface area contributed by atoms with Crippen LogP contribution in [-0.2, 0) is 17.8 Å². The van der Waals surface area contributed by atoms with Crippen LogP contribution >= 0.6 is 0 Å². The summed E-state index contributed by atoms with van der Waals surface area (Å²) < 4.78 is 0. The van der Waals surface area contributed by atoms with Crippen molar-refractivity contribution in [2.75, 3.05) is 0 Å². The zero-order chi connectivity index (χ0) is 10.7. The predicted octanol–water partition coefficient (Wildman–Crippen LogP) is 1.85. The third-order valence-electron chi connectivity index (χ3n) is 2.82. The summed E-state index contributed by atoms with van der Waals surface area (Å²) in [6.07, 6.45) is 2.94. The molecule has 0 amide bonds. The van der Waals surface area contributed by atoms with Gasteiger partial charge in [-0.05, 0) is 17.5 Å². The van der Waals surface area contributed by atoms with E-state index >= 15 is 0 Å². The standard InChI is InChI=1S/C13H15NO/c1-2-5-13(15)12-8-10-6-3-4-7-11(10)9-14-12/h2-4,6-7,12,14H,1,5,8-9H2. The van der Waals surface area contributed by atoms with Gasteiger partial charge in [0.1, 0.15) is 0 Å². The van der Waals surface area contributed by atoms with Gasteiger partial charge in [-0.3, -0.25) is 4.79 Å². The highest BCUT2D eigenvalue weighted by Gasteiger charge is 2.22. The third kappa shape index (κ3) is 2.16. The number of rotatable bonds is 3. The fraction of sp³-hybridized carbons (Fsp3) is 0.308. The molecule has 1 unspecified atom stereocenters. The van der Waals surface area contributed by atoms with E-state index in [0.29, 0.717) is 6.42 Å². The second-order valence-electron chi connectivity index (χ2n) is 3.87. The number of Topliss-reactive ketones (excluding diaryl/α,β-unsaturated/α-hetero) is 1. The molecule has 2 nitrogen and oxygen atoms in total. The van der Waals surface area contributed by atoms with Crippen LogP contribution in [-0.4, -0.2) is 11.8 Å². The van der Waals surface area contributed by atoms with E-state index < -0.39 is 0 Å². The zero-order valence-electron chi connectivity index (χ0n) is 8.70. The number of carbonyl (C=O) groups is 1. The highest BCUT2D eigenvalue weighted by Crippen LogP contribution is 2.17. The first kappa shape index (κ1) is 10.1. The van der Waals surface area contributed by atoms with Gasteiger partial charge in [-0.2, -0.15) is 0 Å². The molecule has 1 aromatic rings. The van der Waals surface area contributed by atoms with Crippen molar-refractivity contribution < 1.29 is 4.79 Å². The largest absolute Gasteiger partial charge is 0.303 e. The Balaban J connectivity index is 2.11. The lowest BCUT2D eigenvalue weighted by molar-refractivity contribution is -0.120. The molecule has 2 heteroatoms. The van der Waals surface area contributed by atoms with Crippen LogP contribution in [0.2, 0.25) is 0 Å². The van der Waals surface area contributed by atoms with Crippen LogP contribution in [0.15, 0.2) is 36.9 Å². The van der Waals surface area contributed by atoms with Crippen molar-refractivity contribution in [3.8, 4) is 0 Å². The van der Waals surface area contributed by atoms with E-state index in [1.807, 2.05) is 12.1 Å². The van der Waals surface area contributed by atoms with Gasteiger partial charge >= 0.3 is 0 Å². The highest BCUT2D eigenvalue weighted by molar-refractivity contribution is 5.85. The normalized spacial score (nSPS) is 19.3. The van der Waals surface area contributed by atoms with Crippen LogP contribution in [0.1, 0.15) is 17.5 Å². The summed E-state index contributed by atoms with van der Waals surface area (Å²) in [5, 5.41) is 3.26. The van der Waals surface area contributed by atoms with Gasteiger partial charge in [0, 0.05) is 13.0 Å². The van der Waals surface area contributed by atoms with E-state index in [9.17, 15) is 4.79 Å². The molecular formula is C13H15NO. The first-order chi connectivity index (χ1) is 7.31. The van der Waals surface area contributed by atoms with Crippen LogP contribution in [0, 0.1) is 0 Å². The van der Waals surface area contributed by atoms with Crippen LogP contribution in [0.25, 0.3) is 0 Å². The van der Waals surface area contributed by atoms with Crippen molar-refractivity contribution in [1.29, 1.82) is 0 Å².